The highest BCUT2D eigenvalue weighted by atomic mass is 32.2. The molecule has 0 unspecified atom stereocenters. The van der Waals surface area contributed by atoms with Crippen LogP contribution < -0.4 is 10.1 Å². The van der Waals surface area contributed by atoms with Gasteiger partial charge in [-0.15, -0.1) is 0 Å². The first kappa shape index (κ1) is 20.5. The number of halogens is 1. The molecule has 2 aromatic carbocycles. The molecule has 150 valence electrons. The molecule has 3 rings (SSSR count). The second kappa shape index (κ2) is 9.29. The largest absolute Gasteiger partial charge is 0.484 e. The number of aromatic nitrogens is 1. The van der Waals surface area contributed by atoms with E-state index in [1.165, 1.54) is 24.5 Å². The molecule has 6 nitrogen and oxygen atoms in total. The molecule has 1 atom stereocenters. The number of para-hydroxylation sites is 1. The minimum Gasteiger partial charge on any atom is -0.484 e. The molecule has 0 spiro atoms. The van der Waals surface area contributed by atoms with Gasteiger partial charge in [-0.1, -0.05) is 24.3 Å². The Bertz CT molecular complexity index is 1040. The van der Waals surface area contributed by atoms with Gasteiger partial charge in [0.1, 0.15) is 16.8 Å². The molecule has 1 heterocycles. The summed E-state index contributed by atoms with van der Waals surface area (Å²) in [6.45, 7) is -0.428. The van der Waals surface area contributed by atoms with Gasteiger partial charge in [0.2, 0.25) is 0 Å². The first-order valence-corrected chi connectivity index (χ1v) is 10.4. The van der Waals surface area contributed by atoms with Crippen molar-refractivity contribution in [3.05, 3.63) is 90.5 Å². The van der Waals surface area contributed by atoms with Gasteiger partial charge in [0.25, 0.3) is 5.91 Å². The fourth-order valence-corrected chi connectivity index (χ4v) is 4.33. The van der Waals surface area contributed by atoms with Gasteiger partial charge in [-0.25, -0.2) is 12.8 Å². The molecule has 1 amide bonds. The third-order valence-corrected chi connectivity index (χ3v) is 6.29. The van der Waals surface area contributed by atoms with Crippen molar-refractivity contribution in [2.24, 2.45) is 0 Å². The van der Waals surface area contributed by atoms with Crippen molar-refractivity contribution >= 4 is 15.7 Å². The van der Waals surface area contributed by atoms with Crippen molar-refractivity contribution in [3.8, 4) is 5.75 Å². The van der Waals surface area contributed by atoms with Gasteiger partial charge < -0.3 is 10.1 Å². The molecule has 1 aromatic heterocycles. The maximum atomic E-state index is 13.2. The van der Waals surface area contributed by atoms with Crippen molar-refractivity contribution in [1.29, 1.82) is 0 Å². The lowest BCUT2D eigenvalue weighted by atomic mass is 10.2. The number of ether oxygens (including phenoxy) is 1. The summed E-state index contributed by atoms with van der Waals surface area (Å²) in [5, 5.41) is 1.51. The Labute approximate surface area is 168 Å². The van der Waals surface area contributed by atoms with Gasteiger partial charge in [0.15, 0.2) is 16.4 Å². The highest BCUT2D eigenvalue weighted by Gasteiger charge is 2.30. The molecule has 0 aliphatic carbocycles. The first-order chi connectivity index (χ1) is 14.0. The molecule has 0 aliphatic heterocycles. The Morgan fingerprint density at radius 2 is 1.76 bits per heavy atom. The van der Waals surface area contributed by atoms with Crippen LogP contribution in [0.1, 0.15) is 10.8 Å². The van der Waals surface area contributed by atoms with Gasteiger partial charge in [-0.2, -0.15) is 0 Å². The molecular weight excluding hydrogens is 395 g/mol. The number of nitrogens with one attached hydrogen (secondary N) is 1. The van der Waals surface area contributed by atoms with E-state index < -0.39 is 26.8 Å². The van der Waals surface area contributed by atoms with Crippen LogP contribution in [0.15, 0.2) is 84.0 Å². The quantitative estimate of drug-likeness (QED) is 0.573. The number of hydrogen-bond donors (Lipinski definition) is 1. The summed E-state index contributed by atoms with van der Waals surface area (Å²) in [7, 11) is -3.90. The zero-order chi connectivity index (χ0) is 20.7. The fraction of sp³-hybridized carbons (Fsp3) is 0.143. The zero-order valence-corrected chi connectivity index (χ0v) is 16.2. The SMILES string of the molecule is O=C(COc1ccccc1)NC[C@@H](c1cccnc1)S(=O)(=O)c1ccc(F)cc1. The summed E-state index contributed by atoms with van der Waals surface area (Å²) < 4.78 is 44.8. The number of carbonyl (C=O) groups excluding carboxylic acids is 1. The number of sulfone groups is 1. The molecule has 0 fully saturated rings. The third kappa shape index (κ3) is 5.39. The predicted octanol–water partition coefficient (Wildman–Crippen LogP) is 2.93. The average molecular weight is 414 g/mol. The van der Waals surface area contributed by atoms with E-state index in [9.17, 15) is 17.6 Å². The van der Waals surface area contributed by atoms with Gasteiger partial charge in [-0.05, 0) is 48.0 Å². The predicted molar refractivity (Wildman–Crippen MR) is 106 cm³/mol. The number of hydrogen-bond acceptors (Lipinski definition) is 5. The van der Waals surface area contributed by atoms with Crippen molar-refractivity contribution < 1.29 is 22.3 Å². The normalized spacial score (nSPS) is 12.2. The molecule has 1 N–H and O–H groups in total. The Hall–Kier alpha value is -3.26. The van der Waals surface area contributed by atoms with E-state index in [1.54, 1.807) is 36.4 Å². The molecular formula is C21H19FN2O4S. The third-order valence-electron chi connectivity index (χ3n) is 4.17. The molecule has 29 heavy (non-hydrogen) atoms. The lowest BCUT2D eigenvalue weighted by molar-refractivity contribution is -0.123. The van der Waals surface area contributed by atoms with Gasteiger partial charge in [0, 0.05) is 18.9 Å². The first-order valence-electron chi connectivity index (χ1n) is 8.81. The van der Waals surface area contributed by atoms with E-state index in [2.05, 4.69) is 10.3 Å². The van der Waals surface area contributed by atoms with E-state index in [4.69, 9.17) is 4.74 Å². The minimum absolute atomic E-state index is 0.0393. The highest BCUT2D eigenvalue weighted by Crippen LogP contribution is 2.28. The monoisotopic (exact) mass is 414 g/mol. The van der Waals surface area contributed by atoms with Crippen LogP contribution in [-0.2, 0) is 14.6 Å². The Morgan fingerprint density at radius 1 is 1.03 bits per heavy atom. The maximum absolute atomic E-state index is 13.2. The summed E-state index contributed by atoms with van der Waals surface area (Å²) >= 11 is 0. The minimum atomic E-state index is -3.90. The molecule has 0 saturated carbocycles. The average Bonchev–Trinajstić information content (AvgIpc) is 2.74. The Kier molecular flexibility index (Phi) is 6.56. The second-order valence-corrected chi connectivity index (χ2v) is 8.31. The molecule has 0 radical (unpaired) electrons. The standard InChI is InChI=1S/C21H19FN2O4S/c22-17-8-10-19(11-9-17)29(26,27)20(16-5-4-12-23-13-16)14-24-21(25)15-28-18-6-2-1-3-7-18/h1-13,20H,14-15H2,(H,24,25)/t20-/m0/s1. The summed E-state index contributed by atoms with van der Waals surface area (Å²) in [6.07, 6.45) is 2.95. The Balaban J connectivity index is 1.74. The Morgan fingerprint density at radius 3 is 2.41 bits per heavy atom. The number of amides is 1. The molecule has 0 saturated heterocycles. The van der Waals surface area contributed by atoms with Gasteiger partial charge >= 0.3 is 0 Å². The molecule has 0 aliphatic rings. The van der Waals surface area contributed by atoms with Crippen LogP contribution >= 0.6 is 0 Å². The van der Waals surface area contributed by atoms with Crippen molar-refractivity contribution in [1.82, 2.24) is 10.3 Å². The maximum Gasteiger partial charge on any atom is 0.257 e. The smallest absolute Gasteiger partial charge is 0.257 e. The van der Waals surface area contributed by atoms with Crippen molar-refractivity contribution in [2.75, 3.05) is 13.2 Å². The van der Waals surface area contributed by atoms with Crippen LogP contribution in [0.25, 0.3) is 0 Å². The van der Waals surface area contributed by atoms with E-state index in [0.29, 0.717) is 11.3 Å². The van der Waals surface area contributed by atoms with E-state index in [1.807, 2.05) is 6.07 Å². The topological polar surface area (TPSA) is 85.4 Å². The summed E-state index contributed by atoms with van der Waals surface area (Å²) in [5.41, 5.74) is 0.418. The zero-order valence-electron chi connectivity index (χ0n) is 15.4. The highest BCUT2D eigenvalue weighted by molar-refractivity contribution is 7.91. The van der Waals surface area contributed by atoms with E-state index >= 15 is 0 Å². The molecule has 3 aromatic rings. The number of benzene rings is 2. The lowest BCUT2D eigenvalue weighted by Gasteiger charge is -2.19. The van der Waals surface area contributed by atoms with Crippen molar-refractivity contribution in [3.63, 3.8) is 0 Å². The lowest BCUT2D eigenvalue weighted by Crippen LogP contribution is -2.35. The molecule has 8 heteroatoms. The summed E-state index contributed by atoms with van der Waals surface area (Å²) in [6, 6.07) is 16.6. The second-order valence-electron chi connectivity index (χ2n) is 6.18. The van der Waals surface area contributed by atoms with Gasteiger partial charge in [-0.3, -0.25) is 9.78 Å². The number of carbonyl (C=O) groups is 1. The summed E-state index contributed by atoms with van der Waals surface area (Å²) in [5.74, 6) is -0.462. The van der Waals surface area contributed by atoms with Crippen LogP contribution in [0.4, 0.5) is 4.39 Å². The number of nitrogens with zero attached hydrogens (tertiary/aromatic N) is 1. The number of pyridine rings is 1. The fourth-order valence-electron chi connectivity index (χ4n) is 2.68. The van der Waals surface area contributed by atoms with Gasteiger partial charge in [0.05, 0.1) is 4.90 Å². The molecule has 0 bridgehead atoms. The van der Waals surface area contributed by atoms with Crippen LogP contribution in [0, 0.1) is 5.82 Å². The van der Waals surface area contributed by atoms with E-state index in [-0.39, 0.29) is 18.0 Å². The van der Waals surface area contributed by atoms with Crippen LogP contribution in [-0.4, -0.2) is 32.5 Å². The van der Waals surface area contributed by atoms with Crippen molar-refractivity contribution in [2.45, 2.75) is 10.1 Å². The van der Waals surface area contributed by atoms with Crippen LogP contribution in [0.5, 0.6) is 5.75 Å². The van der Waals surface area contributed by atoms with Crippen LogP contribution in [0.3, 0.4) is 0 Å². The number of rotatable bonds is 8. The van der Waals surface area contributed by atoms with E-state index in [0.717, 1.165) is 12.1 Å². The van der Waals surface area contributed by atoms with Crippen LogP contribution in [0.2, 0.25) is 0 Å². The summed E-state index contributed by atoms with van der Waals surface area (Å²) in [4.78, 5) is 16.1.